The highest BCUT2D eigenvalue weighted by Gasteiger charge is 2.23. The van der Waals surface area contributed by atoms with Gasteiger partial charge in [0.1, 0.15) is 0 Å². The van der Waals surface area contributed by atoms with E-state index in [9.17, 15) is 4.79 Å². The van der Waals surface area contributed by atoms with Crippen molar-refractivity contribution in [3.8, 4) is 0 Å². The summed E-state index contributed by atoms with van der Waals surface area (Å²) in [6, 6.07) is 8.57. The second-order valence-corrected chi connectivity index (χ2v) is 5.42. The Labute approximate surface area is 127 Å². The molecule has 4 heteroatoms. The first-order chi connectivity index (χ1) is 9.20. The van der Waals surface area contributed by atoms with Crippen LogP contribution in [0.5, 0.6) is 0 Å². The Morgan fingerprint density at radius 2 is 2.10 bits per heavy atom. The summed E-state index contributed by atoms with van der Waals surface area (Å²) in [5.41, 5.74) is 2.45. The topological polar surface area (TPSA) is 41.1 Å². The first kappa shape index (κ1) is 17.0. The molecule has 1 aliphatic heterocycles. The molecule has 2 rings (SSSR count). The lowest BCUT2D eigenvalue weighted by Gasteiger charge is -2.25. The van der Waals surface area contributed by atoms with Gasteiger partial charge in [-0.05, 0) is 38.3 Å². The molecule has 0 aromatic heterocycles. The molecular formula is C16H25ClN2O. The minimum atomic E-state index is 0. The van der Waals surface area contributed by atoms with Crippen LogP contribution in [-0.2, 0) is 4.79 Å². The van der Waals surface area contributed by atoms with Crippen LogP contribution in [0.25, 0.3) is 0 Å². The van der Waals surface area contributed by atoms with Gasteiger partial charge in [-0.2, -0.15) is 0 Å². The van der Waals surface area contributed by atoms with E-state index in [2.05, 4.69) is 48.7 Å². The van der Waals surface area contributed by atoms with Crippen LogP contribution >= 0.6 is 12.4 Å². The van der Waals surface area contributed by atoms with Gasteiger partial charge in [-0.25, -0.2) is 0 Å². The minimum Gasteiger partial charge on any atom is -0.349 e. The van der Waals surface area contributed by atoms with Gasteiger partial charge in [-0.15, -0.1) is 12.4 Å². The van der Waals surface area contributed by atoms with Crippen LogP contribution in [0.4, 0.5) is 0 Å². The molecule has 0 spiro atoms. The number of halogens is 1. The molecule has 0 radical (unpaired) electrons. The molecule has 3 nitrogen and oxygen atoms in total. The largest absolute Gasteiger partial charge is 0.349 e. The molecular weight excluding hydrogens is 272 g/mol. The first-order valence-corrected chi connectivity index (χ1v) is 7.28. The van der Waals surface area contributed by atoms with Crippen LogP contribution in [0.3, 0.4) is 0 Å². The van der Waals surface area contributed by atoms with E-state index in [0.717, 1.165) is 32.4 Å². The molecule has 20 heavy (non-hydrogen) atoms. The third-order valence-electron chi connectivity index (χ3n) is 3.87. The van der Waals surface area contributed by atoms with Crippen molar-refractivity contribution in [1.82, 2.24) is 10.6 Å². The summed E-state index contributed by atoms with van der Waals surface area (Å²) in [5.74, 6) is 0.327. The van der Waals surface area contributed by atoms with Crippen molar-refractivity contribution >= 4 is 18.3 Å². The monoisotopic (exact) mass is 296 g/mol. The summed E-state index contributed by atoms with van der Waals surface area (Å²) in [6.45, 7) is 6.05. The smallest absolute Gasteiger partial charge is 0.224 e. The fourth-order valence-electron chi connectivity index (χ4n) is 2.59. The molecule has 0 aliphatic carbocycles. The number of hydrogen-bond acceptors (Lipinski definition) is 2. The molecule has 1 fully saturated rings. The maximum atomic E-state index is 12.3. The summed E-state index contributed by atoms with van der Waals surface area (Å²) in [5, 5.41) is 6.49. The average Bonchev–Trinajstić information content (AvgIpc) is 2.46. The van der Waals surface area contributed by atoms with E-state index in [1.165, 1.54) is 11.1 Å². The van der Waals surface area contributed by atoms with E-state index >= 15 is 0 Å². The van der Waals surface area contributed by atoms with Crippen LogP contribution in [0.2, 0.25) is 0 Å². The van der Waals surface area contributed by atoms with Crippen molar-refractivity contribution < 1.29 is 4.79 Å². The maximum Gasteiger partial charge on any atom is 0.224 e. The highest BCUT2D eigenvalue weighted by Crippen LogP contribution is 2.19. The number of amides is 1. The molecule has 2 N–H and O–H groups in total. The summed E-state index contributed by atoms with van der Waals surface area (Å²) in [7, 11) is 0. The predicted molar refractivity (Wildman–Crippen MR) is 85.2 cm³/mol. The third kappa shape index (κ3) is 4.50. The lowest BCUT2D eigenvalue weighted by atomic mass is 9.97. The van der Waals surface area contributed by atoms with Gasteiger partial charge in [0, 0.05) is 6.54 Å². The van der Waals surface area contributed by atoms with E-state index < -0.39 is 0 Å². The summed E-state index contributed by atoms with van der Waals surface area (Å²) < 4.78 is 0. The molecule has 2 unspecified atom stereocenters. The molecule has 1 amide bonds. The molecule has 0 saturated carbocycles. The number of piperidine rings is 1. The Kier molecular flexibility index (Phi) is 7.03. The Balaban J connectivity index is 0.00000200. The Morgan fingerprint density at radius 3 is 2.65 bits per heavy atom. The zero-order chi connectivity index (χ0) is 13.7. The van der Waals surface area contributed by atoms with Crippen molar-refractivity contribution in [2.45, 2.75) is 39.2 Å². The van der Waals surface area contributed by atoms with Crippen molar-refractivity contribution in [2.75, 3.05) is 13.1 Å². The van der Waals surface area contributed by atoms with E-state index in [-0.39, 0.29) is 30.3 Å². The standard InChI is InChI=1S/C16H24N2O.ClH/c1-3-15(13-8-6-12(2)7-9-13)18-16(19)14-5-4-10-17-11-14;/h6-9,14-15,17H,3-5,10-11H2,1-2H3,(H,18,19);1H. The van der Waals surface area contributed by atoms with Gasteiger partial charge in [-0.1, -0.05) is 36.8 Å². The molecule has 0 bridgehead atoms. The fourth-order valence-corrected chi connectivity index (χ4v) is 2.59. The summed E-state index contributed by atoms with van der Waals surface area (Å²) >= 11 is 0. The quantitative estimate of drug-likeness (QED) is 0.897. The summed E-state index contributed by atoms with van der Waals surface area (Å²) in [4.78, 5) is 12.3. The zero-order valence-electron chi connectivity index (χ0n) is 12.3. The van der Waals surface area contributed by atoms with Gasteiger partial charge in [0.25, 0.3) is 0 Å². The van der Waals surface area contributed by atoms with Gasteiger partial charge >= 0.3 is 0 Å². The number of nitrogens with one attached hydrogen (secondary N) is 2. The number of carbonyl (C=O) groups is 1. The van der Waals surface area contributed by atoms with Crippen LogP contribution in [0, 0.1) is 12.8 Å². The van der Waals surface area contributed by atoms with Crippen LogP contribution in [-0.4, -0.2) is 19.0 Å². The van der Waals surface area contributed by atoms with Gasteiger partial charge in [-0.3, -0.25) is 4.79 Å². The highest BCUT2D eigenvalue weighted by atomic mass is 35.5. The molecule has 2 atom stereocenters. The molecule has 1 heterocycles. The van der Waals surface area contributed by atoms with Gasteiger partial charge in [0.2, 0.25) is 5.91 Å². The van der Waals surface area contributed by atoms with Crippen LogP contribution in [0.15, 0.2) is 24.3 Å². The number of carbonyl (C=O) groups excluding carboxylic acids is 1. The van der Waals surface area contributed by atoms with Crippen LogP contribution < -0.4 is 10.6 Å². The molecule has 1 saturated heterocycles. The second kappa shape index (κ2) is 8.28. The van der Waals surface area contributed by atoms with Gasteiger partial charge in [0.05, 0.1) is 12.0 Å². The predicted octanol–water partition coefficient (Wildman–Crippen LogP) is 2.98. The van der Waals surface area contributed by atoms with Crippen molar-refractivity contribution in [3.05, 3.63) is 35.4 Å². The van der Waals surface area contributed by atoms with Gasteiger partial charge in [0.15, 0.2) is 0 Å². The van der Waals surface area contributed by atoms with Crippen molar-refractivity contribution in [2.24, 2.45) is 5.92 Å². The molecule has 1 aliphatic rings. The number of aryl methyl sites for hydroxylation is 1. The Hall–Kier alpha value is -1.06. The van der Waals surface area contributed by atoms with E-state index in [4.69, 9.17) is 0 Å². The highest BCUT2D eigenvalue weighted by molar-refractivity contribution is 5.85. The van der Waals surface area contributed by atoms with E-state index in [0.29, 0.717) is 0 Å². The summed E-state index contributed by atoms with van der Waals surface area (Å²) in [6.07, 6.45) is 3.03. The number of hydrogen-bond donors (Lipinski definition) is 2. The van der Waals surface area contributed by atoms with E-state index in [1.807, 2.05) is 0 Å². The van der Waals surface area contributed by atoms with Crippen molar-refractivity contribution in [3.63, 3.8) is 0 Å². The Morgan fingerprint density at radius 1 is 1.40 bits per heavy atom. The lowest BCUT2D eigenvalue weighted by Crippen LogP contribution is -2.41. The normalized spacial score (nSPS) is 19.8. The number of rotatable bonds is 4. The second-order valence-electron chi connectivity index (χ2n) is 5.42. The zero-order valence-corrected chi connectivity index (χ0v) is 13.1. The maximum absolute atomic E-state index is 12.3. The lowest BCUT2D eigenvalue weighted by molar-refractivity contribution is -0.126. The molecule has 1 aromatic carbocycles. The molecule has 1 aromatic rings. The minimum absolute atomic E-state index is 0. The third-order valence-corrected chi connectivity index (χ3v) is 3.87. The van der Waals surface area contributed by atoms with Gasteiger partial charge < -0.3 is 10.6 Å². The average molecular weight is 297 g/mol. The fraction of sp³-hybridized carbons (Fsp3) is 0.562. The van der Waals surface area contributed by atoms with Crippen LogP contribution in [0.1, 0.15) is 43.4 Å². The SMILES string of the molecule is CCC(NC(=O)C1CCCNC1)c1ccc(C)cc1.Cl. The van der Waals surface area contributed by atoms with Crippen molar-refractivity contribution in [1.29, 1.82) is 0 Å². The van der Waals surface area contributed by atoms with E-state index in [1.54, 1.807) is 0 Å². The molecule has 112 valence electrons. The Bertz CT molecular complexity index is 413. The number of benzene rings is 1. The first-order valence-electron chi connectivity index (χ1n) is 7.28.